The predicted molar refractivity (Wildman–Crippen MR) is 61.6 cm³/mol. The third kappa shape index (κ3) is 2.59. The maximum absolute atomic E-state index is 11.0. The van der Waals surface area contributed by atoms with Gasteiger partial charge in [-0.2, -0.15) is 4.98 Å². The molecule has 2 rings (SSSR count). The number of fused-ring (bicyclic) bond motifs is 1. The highest BCUT2D eigenvalue weighted by Crippen LogP contribution is 2.23. The molecule has 0 aliphatic carbocycles. The molecule has 100 valence electrons. The summed E-state index contributed by atoms with van der Waals surface area (Å²) in [7, 11) is 0. The normalized spacial score (nSPS) is 12.3. The van der Waals surface area contributed by atoms with Gasteiger partial charge in [-0.25, -0.2) is 9.78 Å². The highest BCUT2D eigenvalue weighted by Gasteiger charge is 2.23. The van der Waals surface area contributed by atoms with Gasteiger partial charge in [-0.3, -0.25) is 4.79 Å². The zero-order chi connectivity index (χ0) is 14.0. The van der Waals surface area contributed by atoms with Crippen LogP contribution < -0.4 is 5.32 Å². The molecule has 0 amide bonds. The van der Waals surface area contributed by atoms with E-state index in [1.54, 1.807) is 6.92 Å². The van der Waals surface area contributed by atoms with Gasteiger partial charge in [0.25, 0.3) is 5.71 Å². The average molecular weight is 266 g/mol. The lowest BCUT2D eigenvalue weighted by Crippen LogP contribution is -2.32. The highest BCUT2D eigenvalue weighted by molar-refractivity contribution is 5.90. The standard InChI is InChI=1S/C10H10N4O5/c1-4-7-8(11-3-12-9(7)19-14-4)13-5(10(17)18)2-6(15)16/h3,5H,2H2,1H3,(H,15,16)(H,17,18)(H,11,12,13). The van der Waals surface area contributed by atoms with Crippen LogP contribution in [-0.4, -0.2) is 43.3 Å². The summed E-state index contributed by atoms with van der Waals surface area (Å²) in [6.45, 7) is 1.65. The fourth-order valence-electron chi connectivity index (χ4n) is 1.57. The van der Waals surface area contributed by atoms with Gasteiger partial charge < -0.3 is 20.1 Å². The van der Waals surface area contributed by atoms with E-state index in [4.69, 9.17) is 14.7 Å². The molecular weight excluding hydrogens is 256 g/mol. The first-order chi connectivity index (χ1) is 8.99. The lowest BCUT2D eigenvalue weighted by Gasteiger charge is -2.13. The number of nitrogens with one attached hydrogen (secondary N) is 1. The Morgan fingerprint density at radius 3 is 2.79 bits per heavy atom. The number of anilines is 1. The number of rotatable bonds is 5. The molecule has 0 spiro atoms. The summed E-state index contributed by atoms with van der Waals surface area (Å²) < 4.78 is 4.91. The van der Waals surface area contributed by atoms with Crippen LogP contribution in [0.3, 0.4) is 0 Å². The summed E-state index contributed by atoms with van der Waals surface area (Å²) in [4.78, 5) is 29.3. The van der Waals surface area contributed by atoms with E-state index in [0.717, 1.165) is 0 Å². The number of hydrogen-bond acceptors (Lipinski definition) is 7. The van der Waals surface area contributed by atoms with Crippen LogP contribution in [-0.2, 0) is 9.59 Å². The van der Waals surface area contributed by atoms with E-state index in [2.05, 4.69) is 20.4 Å². The fourth-order valence-corrected chi connectivity index (χ4v) is 1.57. The van der Waals surface area contributed by atoms with Crippen molar-refractivity contribution in [2.75, 3.05) is 5.32 Å². The summed E-state index contributed by atoms with van der Waals surface area (Å²) in [5, 5.41) is 24.3. The SMILES string of the molecule is Cc1noc2ncnc(NC(CC(=O)O)C(=O)O)c12. The molecule has 19 heavy (non-hydrogen) atoms. The molecule has 0 aliphatic rings. The Morgan fingerprint density at radius 1 is 1.42 bits per heavy atom. The van der Waals surface area contributed by atoms with Gasteiger partial charge in [0.15, 0.2) is 0 Å². The number of carboxylic acids is 2. The van der Waals surface area contributed by atoms with Gasteiger partial charge >= 0.3 is 11.9 Å². The lowest BCUT2D eigenvalue weighted by molar-refractivity contribution is -0.144. The molecule has 0 fully saturated rings. The first-order valence-corrected chi connectivity index (χ1v) is 5.27. The van der Waals surface area contributed by atoms with E-state index in [0.29, 0.717) is 11.1 Å². The summed E-state index contributed by atoms with van der Waals surface area (Å²) in [6, 6.07) is -1.30. The maximum Gasteiger partial charge on any atom is 0.326 e. The summed E-state index contributed by atoms with van der Waals surface area (Å²) >= 11 is 0. The summed E-state index contributed by atoms with van der Waals surface area (Å²) in [5.74, 6) is -2.34. The van der Waals surface area contributed by atoms with Crippen LogP contribution in [0.15, 0.2) is 10.9 Å². The quantitative estimate of drug-likeness (QED) is 0.695. The van der Waals surface area contributed by atoms with E-state index >= 15 is 0 Å². The first-order valence-electron chi connectivity index (χ1n) is 5.27. The Bertz CT molecular complexity index is 638. The number of carboxylic acid groups (broad SMARTS) is 2. The van der Waals surface area contributed by atoms with Gasteiger partial charge in [-0.05, 0) is 6.92 Å². The van der Waals surface area contributed by atoms with E-state index in [-0.39, 0.29) is 11.5 Å². The first kappa shape index (κ1) is 12.7. The molecule has 2 aromatic heterocycles. The lowest BCUT2D eigenvalue weighted by atomic mass is 10.2. The second-order valence-electron chi connectivity index (χ2n) is 3.80. The molecule has 3 N–H and O–H groups in total. The minimum Gasteiger partial charge on any atom is -0.481 e. The monoisotopic (exact) mass is 266 g/mol. The maximum atomic E-state index is 11.0. The number of aliphatic carboxylic acids is 2. The van der Waals surface area contributed by atoms with Gasteiger partial charge in [-0.15, -0.1) is 0 Å². The molecule has 0 radical (unpaired) electrons. The van der Waals surface area contributed by atoms with E-state index in [1.807, 2.05) is 0 Å². The Balaban J connectivity index is 2.36. The van der Waals surface area contributed by atoms with Crippen LogP contribution >= 0.6 is 0 Å². The van der Waals surface area contributed by atoms with E-state index in [9.17, 15) is 9.59 Å². The minimum atomic E-state index is -1.30. The molecule has 1 atom stereocenters. The molecule has 0 bridgehead atoms. The van der Waals surface area contributed by atoms with Crippen molar-refractivity contribution in [2.24, 2.45) is 0 Å². The van der Waals surface area contributed by atoms with Gasteiger partial charge in [-0.1, -0.05) is 5.16 Å². The van der Waals surface area contributed by atoms with Crippen LogP contribution in [0.25, 0.3) is 11.1 Å². The molecule has 0 saturated carbocycles. The van der Waals surface area contributed by atoms with E-state index in [1.165, 1.54) is 6.33 Å². The molecule has 9 nitrogen and oxygen atoms in total. The number of nitrogens with zero attached hydrogens (tertiary/aromatic N) is 3. The molecule has 2 aromatic rings. The highest BCUT2D eigenvalue weighted by atomic mass is 16.5. The average Bonchev–Trinajstić information content (AvgIpc) is 2.71. The zero-order valence-corrected chi connectivity index (χ0v) is 9.82. The molecule has 2 heterocycles. The predicted octanol–water partition coefficient (Wildman–Crippen LogP) is 0.266. The molecule has 9 heteroatoms. The molecule has 0 aliphatic heterocycles. The summed E-state index contributed by atoms with van der Waals surface area (Å²) in [6.07, 6.45) is 0.597. The Morgan fingerprint density at radius 2 is 2.16 bits per heavy atom. The van der Waals surface area contributed by atoms with Gasteiger partial charge in [0.2, 0.25) is 0 Å². The largest absolute Gasteiger partial charge is 0.481 e. The van der Waals surface area contributed by atoms with Crippen molar-refractivity contribution >= 4 is 28.9 Å². The fraction of sp³-hybridized carbons (Fsp3) is 0.300. The Labute approximate surface area is 106 Å². The second-order valence-corrected chi connectivity index (χ2v) is 3.80. The molecule has 0 aromatic carbocycles. The van der Waals surface area contributed by atoms with Crippen LogP contribution in [0.5, 0.6) is 0 Å². The van der Waals surface area contributed by atoms with Gasteiger partial charge in [0.1, 0.15) is 23.6 Å². The third-order valence-electron chi connectivity index (χ3n) is 2.43. The third-order valence-corrected chi connectivity index (χ3v) is 2.43. The summed E-state index contributed by atoms with van der Waals surface area (Å²) in [5.41, 5.74) is 0.687. The zero-order valence-electron chi connectivity index (χ0n) is 9.82. The Hall–Kier alpha value is -2.71. The van der Waals surface area contributed by atoms with Crippen molar-refractivity contribution in [1.82, 2.24) is 15.1 Å². The molecular formula is C10H10N4O5. The van der Waals surface area contributed by atoms with Gasteiger partial charge in [0, 0.05) is 0 Å². The van der Waals surface area contributed by atoms with Crippen molar-refractivity contribution in [3.8, 4) is 0 Å². The number of aromatic nitrogens is 3. The topological polar surface area (TPSA) is 138 Å². The smallest absolute Gasteiger partial charge is 0.326 e. The molecule has 0 saturated heterocycles. The van der Waals surface area contributed by atoms with Crippen molar-refractivity contribution in [2.45, 2.75) is 19.4 Å². The van der Waals surface area contributed by atoms with Crippen molar-refractivity contribution in [3.63, 3.8) is 0 Å². The van der Waals surface area contributed by atoms with Crippen molar-refractivity contribution < 1.29 is 24.3 Å². The van der Waals surface area contributed by atoms with Crippen molar-refractivity contribution in [3.05, 3.63) is 12.0 Å². The van der Waals surface area contributed by atoms with E-state index < -0.39 is 24.4 Å². The van der Waals surface area contributed by atoms with Crippen LogP contribution in [0.2, 0.25) is 0 Å². The van der Waals surface area contributed by atoms with Crippen molar-refractivity contribution in [1.29, 1.82) is 0 Å². The minimum absolute atomic E-state index is 0.178. The second kappa shape index (κ2) is 4.88. The van der Waals surface area contributed by atoms with Gasteiger partial charge in [0.05, 0.1) is 12.1 Å². The number of hydrogen-bond donors (Lipinski definition) is 3. The number of carbonyl (C=O) groups is 2. The van der Waals surface area contributed by atoms with Crippen LogP contribution in [0.1, 0.15) is 12.1 Å². The Kier molecular flexibility index (Phi) is 3.27. The molecule has 1 unspecified atom stereocenters. The van der Waals surface area contributed by atoms with Crippen LogP contribution in [0, 0.1) is 6.92 Å². The van der Waals surface area contributed by atoms with Crippen LogP contribution in [0.4, 0.5) is 5.82 Å². The number of aryl methyl sites for hydroxylation is 1.